The molecule has 0 aromatic heterocycles. The summed E-state index contributed by atoms with van der Waals surface area (Å²) in [6, 6.07) is -0.514. The lowest BCUT2D eigenvalue weighted by atomic mass is 9.95. The molecule has 1 unspecified atom stereocenters. The highest BCUT2D eigenvalue weighted by atomic mass is 35.5. The van der Waals surface area contributed by atoms with Crippen molar-refractivity contribution in [1.82, 2.24) is 10.2 Å². The van der Waals surface area contributed by atoms with Gasteiger partial charge in [-0.3, -0.25) is 9.59 Å². The number of rotatable bonds is 5. The zero-order valence-electron chi connectivity index (χ0n) is 10.6. The predicted molar refractivity (Wildman–Crippen MR) is 65.4 cm³/mol. The minimum Gasteiger partial charge on any atom is -0.344 e. The minimum atomic E-state index is -0.652. The summed E-state index contributed by atoms with van der Waals surface area (Å²) in [6.45, 7) is 7.68. The van der Waals surface area contributed by atoms with Gasteiger partial charge in [0.1, 0.15) is 6.04 Å². The van der Waals surface area contributed by atoms with Crippen LogP contribution in [-0.4, -0.2) is 42.2 Å². The zero-order chi connectivity index (χ0) is 12.9. The predicted octanol–water partition coefficient (Wildman–Crippen LogP) is 1.23. The number of alkyl halides is 1. The van der Waals surface area contributed by atoms with E-state index in [0.717, 1.165) is 0 Å². The van der Waals surface area contributed by atoms with Crippen LogP contribution in [0.25, 0.3) is 0 Å². The number of hydrogen-bond acceptors (Lipinski definition) is 2. The summed E-state index contributed by atoms with van der Waals surface area (Å²) in [5.74, 6) is -0.0716. The van der Waals surface area contributed by atoms with Crippen molar-refractivity contribution in [2.75, 3.05) is 19.5 Å². The van der Waals surface area contributed by atoms with Crippen LogP contribution in [0.2, 0.25) is 0 Å². The maximum absolute atomic E-state index is 11.8. The Morgan fingerprint density at radius 2 is 1.94 bits per heavy atom. The van der Waals surface area contributed by atoms with Crippen molar-refractivity contribution in [1.29, 1.82) is 0 Å². The van der Waals surface area contributed by atoms with Gasteiger partial charge in [0.15, 0.2) is 0 Å². The molecule has 5 heteroatoms. The van der Waals surface area contributed by atoms with Gasteiger partial charge in [-0.2, -0.15) is 0 Å². The Bertz CT molecular complexity index is 267. The molecule has 4 nitrogen and oxygen atoms in total. The molecule has 0 saturated carbocycles. The maximum Gasteiger partial charge on any atom is 0.244 e. The average Bonchev–Trinajstić information content (AvgIpc) is 2.26. The molecule has 0 heterocycles. The van der Waals surface area contributed by atoms with Crippen molar-refractivity contribution in [3.8, 4) is 0 Å². The van der Waals surface area contributed by atoms with E-state index in [0.29, 0.717) is 6.54 Å². The van der Waals surface area contributed by atoms with E-state index in [2.05, 4.69) is 5.32 Å². The first-order valence-corrected chi connectivity index (χ1v) is 5.91. The molecule has 94 valence electrons. The number of amides is 2. The van der Waals surface area contributed by atoms with E-state index in [1.807, 2.05) is 6.92 Å². The van der Waals surface area contributed by atoms with Gasteiger partial charge in [0.2, 0.25) is 11.8 Å². The Labute approximate surface area is 102 Å². The Morgan fingerprint density at radius 1 is 1.44 bits per heavy atom. The Kier molecular flexibility index (Phi) is 5.79. The summed E-state index contributed by atoms with van der Waals surface area (Å²) in [6.07, 6.45) is 0. The molecular formula is C11H21ClN2O2. The van der Waals surface area contributed by atoms with Crippen LogP contribution in [0, 0.1) is 5.41 Å². The monoisotopic (exact) mass is 248 g/mol. The summed E-state index contributed by atoms with van der Waals surface area (Å²) in [5.41, 5.74) is -0.652. The summed E-state index contributed by atoms with van der Waals surface area (Å²) in [4.78, 5) is 25.0. The summed E-state index contributed by atoms with van der Waals surface area (Å²) in [5, 5.41) is 2.67. The maximum atomic E-state index is 11.8. The van der Waals surface area contributed by atoms with E-state index in [4.69, 9.17) is 11.6 Å². The fourth-order valence-corrected chi connectivity index (χ4v) is 1.12. The van der Waals surface area contributed by atoms with Crippen molar-refractivity contribution in [3.63, 3.8) is 0 Å². The molecule has 0 aliphatic carbocycles. The average molecular weight is 249 g/mol. The van der Waals surface area contributed by atoms with Crippen LogP contribution >= 0.6 is 11.6 Å². The molecule has 16 heavy (non-hydrogen) atoms. The van der Waals surface area contributed by atoms with Crippen LogP contribution in [0.4, 0.5) is 0 Å². The molecule has 0 aliphatic rings. The van der Waals surface area contributed by atoms with Gasteiger partial charge in [0.25, 0.3) is 0 Å². The van der Waals surface area contributed by atoms with Crippen LogP contribution < -0.4 is 5.32 Å². The second-order valence-electron chi connectivity index (χ2n) is 4.57. The summed E-state index contributed by atoms with van der Waals surface area (Å²) < 4.78 is 0. The zero-order valence-corrected chi connectivity index (χ0v) is 11.4. The number of nitrogens with zero attached hydrogens (tertiary/aromatic N) is 1. The smallest absolute Gasteiger partial charge is 0.244 e. The van der Waals surface area contributed by atoms with Gasteiger partial charge in [0.05, 0.1) is 5.41 Å². The first-order valence-electron chi connectivity index (χ1n) is 5.38. The van der Waals surface area contributed by atoms with Crippen LogP contribution in [0.3, 0.4) is 0 Å². The van der Waals surface area contributed by atoms with E-state index >= 15 is 0 Å². The molecule has 2 amide bonds. The van der Waals surface area contributed by atoms with Crippen LogP contribution in [0.15, 0.2) is 0 Å². The van der Waals surface area contributed by atoms with E-state index in [1.54, 1.807) is 32.7 Å². The van der Waals surface area contributed by atoms with Crippen molar-refractivity contribution in [2.45, 2.75) is 33.7 Å². The first kappa shape index (κ1) is 15.2. The molecule has 0 radical (unpaired) electrons. The Balaban J connectivity index is 4.41. The van der Waals surface area contributed by atoms with Crippen molar-refractivity contribution < 1.29 is 9.59 Å². The Morgan fingerprint density at radius 3 is 2.31 bits per heavy atom. The summed E-state index contributed by atoms with van der Waals surface area (Å²) >= 11 is 5.68. The highest BCUT2D eigenvalue weighted by Gasteiger charge is 2.29. The van der Waals surface area contributed by atoms with Gasteiger partial charge in [-0.15, -0.1) is 11.6 Å². The number of carbonyl (C=O) groups excluding carboxylic acids is 2. The Hall–Kier alpha value is -0.770. The molecule has 0 rings (SSSR count). The van der Waals surface area contributed by atoms with Crippen LogP contribution in [-0.2, 0) is 9.59 Å². The lowest BCUT2D eigenvalue weighted by molar-refractivity contribution is -0.137. The number of halogens is 1. The van der Waals surface area contributed by atoms with Crippen molar-refractivity contribution in [3.05, 3.63) is 0 Å². The van der Waals surface area contributed by atoms with Gasteiger partial charge < -0.3 is 10.2 Å². The van der Waals surface area contributed by atoms with Gasteiger partial charge in [0, 0.05) is 19.5 Å². The van der Waals surface area contributed by atoms with Gasteiger partial charge in [-0.05, 0) is 27.7 Å². The molecule has 0 saturated heterocycles. The largest absolute Gasteiger partial charge is 0.344 e. The molecule has 1 N–H and O–H groups in total. The number of likely N-dealkylation sites (N-methyl/N-ethyl adjacent to an activating group) is 1. The van der Waals surface area contributed by atoms with Gasteiger partial charge in [-0.25, -0.2) is 0 Å². The minimum absolute atomic E-state index is 0.0961. The van der Waals surface area contributed by atoms with Crippen molar-refractivity contribution in [2.24, 2.45) is 5.41 Å². The van der Waals surface area contributed by atoms with Crippen molar-refractivity contribution >= 4 is 23.4 Å². The SMILES string of the molecule is CCN(C)C(=O)C(C)NC(=O)C(C)(C)CCl. The van der Waals surface area contributed by atoms with Crippen LogP contribution in [0.1, 0.15) is 27.7 Å². The van der Waals surface area contributed by atoms with Gasteiger partial charge >= 0.3 is 0 Å². The van der Waals surface area contributed by atoms with E-state index in [1.165, 1.54) is 0 Å². The van der Waals surface area contributed by atoms with E-state index < -0.39 is 11.5 Å². The molecule has 0 aromatic carbocycles. The van der Waals surface area contributed by atoms with Crippen LogP contribution in [0.5, 0.6) is 0 Å². The lowest BCUT2D eigenvalue weighted by Gasteiger charge is -2.25. The topological polar surface area (TPSA) is 49.4 Å². The number of hydrogen-bond donors (Lipinski definition) is 1. The summed E-state index contributed by atoms with van der Waals surface area (Å²) in [7, 11) is 1.71. The van der Waals surface area contributed by atoms with E-state index in [9.17, 15) is 9.59 Å². The van der Waals surface area contributed by atoms with Gasteiger partial charge in [-0.1, -0.05) is 0 Å². The van der Waals surface area contributed by atoms with E-state index in [-0.39, 0.29) is 17.7 Å². The molecular weight excluding hydrogens is 228 g/mol. The molecule has 0 bridgehead atoms. The molecule has 0 fully saturated rings. The number of nitrogens with one attached hydrogen (secondary N) is 1. The third kappa shape index (κ3) is 4.00. The molecule has 0 aromatic rings. The third-order valence-electron chi connectivity index (χ3n) is 2.52. The second-order valence-corrected chi connectivity index (χ2v) is 4.83. The normalized spacial score (nSPS) is 13.1. The molecule has 0 aliphatic heterocycles. The lowest BCUT2D eigenvalue weighted by Crippen LogP contribution is -2.49. The fourth-order valence-electron chi connectivity index (χ4n) is 1.00. The number of carbonyl (C=O) groups is 2. The highest BCUT2D eigenvalue weighted by Crippen LogP contribution is 2.17. The fraction of sp³-hybridized carbons (Fsp3) is 0.818. The molecule has 1 atom stereocenters. The third-order valence-corrected chi connectivity index (χ3v) is 3.19. The quantitative estimate of drug-likeness (QED) is 0.745. The molecule has 0 spiro atoms. The highest BCUT2D eigenvalue weighted by molar-refractivity contribution is 6.19. The standard InChI is InChI=1S/C11H21ClN2O2/c1-6-14(5)9(15)8(2)13-10(16)11(3,4)7-12/h8H,6-7H2,1-5H3,(H,13,16). The second kappa shape index (κ2) is 6.09. The first-order chi connectivity index (χ1) is 7.26.